The van der Waals surface area contributed by atoms with Crippen LogP contribution in [0.15, 0.2) is 23.8 Å². The number of allylic oxidation sites excluding steroid dienone is 3. The number of fused-ring (bicyclic) bond motifs is 5. The largest absolute Gasteiger partial charge is 0.462 e. The zero-order valence-corrected chi connectivity index (χ0v) is 24.9. The Labute approximate surface area is 233 Å². The zero-order valence-electron chi connectivity index (χ0n) is 24.9. The van der Waals surface area contributed by atoms with E-state index < -0.39 is 34.9 Å². The lowest BCUT2D eigenvalue weighted by Crippen LogP contribution is -2.64. The fourth-order valence-electron chi connectivity index (χ4n) is 10.0. The summed E-state index contributed by atoms with van der Waals surface area (Å²) in [7, 11) is 0. The molecule has 3 N–H and O–H groups in total. The Bertz CT molecular complexity index is 1100. The number of esters is 1. The molecule has 0 aromatic heterocycles. The average molecular weight is 545 g/mol. The van der Waals surface area contributed by atoms with Gasteiger partial charge in [0.1, 0.15) is 12.2 Å². The Kier molecular flexibility index (Phi) is 6.67. The van der Waals surface area contributed by atoms with Crippen molar-refractivity contribution in [3.05, 3.63) is 23.8 Å². The Morgan fingerprint density at radius 1 is 1.15 bits per heavy atom. The average Bonchev–Trinajstić information content (AvgIpc) is 3.36. The fraction of sp³-hybridized carbons (Fsp3) is 0.812. The second-order valence-electron chi connectivity index (χ2n) is 15.0. The van der Waals surface area contributed by atoms with Gasteiger partial charge in [0, 0.05) is 23.7 Å². The van der Waals surface area contributed by atoms with Gasteiger partial charge in [-0.05, 0) is 80.6 Å². The maximum Gasteiger partial charge on any atom is 0.302 e. The summed E-state index contributed by atoms with van der Waals surface area (Å²) in [6, 6.07) is 0. The number of rotatable bonds is 4. The highest BCUT2D eigenvalue weighted by atomic mass is 16.6. The van der Waals surface area contributed by atoms with E-state index in [9.17, 15) is 24.9 Å². The molecule has 0 aromatic rings. The van der Waals surface area contributed by atoms with Crippen LogP contribution in [0.4, 0.5) is 0 Å². The van der Waals surface area contributed by atoms with Gasteiger partial charge in [-0.2, -0.15) is 0 Å². The highest BCUT2D eigenvalue weighted by Crippen LogP contribution is 2.72. The number of ketones is 1. The van der Waals surface area contributed by atoms with Crippen LogP contribution in [0.25, 0.3) is 0 Å². The standard InChI is InChI=1S/C32H48O7/c1-17(33)38-25-16-23-28(2,3)24(34)12-14-31(23,7)22-11-13-30(6)19(9-10-21(30)32(22,25)8)18-15-20(39-27(18)36)26(35)29(4,5)37/h10,12,14,18-20,22-23,25-27,35-37H,9,11,13,15-16H2,1-8H3/t18-,19-,20+,22+,23-,25+,26-,27-,30-,31+,32-/m0/s1. The van der Waals surface area contributed by atoms with Gasteiger partial charge in [0.15, 0.2) is 12.1 Å². The van der Waals surface area contributed by atoms with Crippen molar-refractivity contribution in [2.45, 2.75) is 118 Å². The molecule has 0 unspecified atom stereocenters. The van der Waals surface area contributed by atoms with Crippen LogP contribution in [-0.2, 0) is 19.1 Å². The first-order valence-corrected chi connectivity index (χ1v) is 14.7. The van der Waals surface area contributed by atoms with E-state index in [-0.39, 0.29) is 52.4 Å². The quantitative estimate of drug-likeness (QED) is 0.357. The van der Waals surface area contributed by atoms with Crippen LogP contribution in [0.1, 0.15) is 87.5 Å². The summed E-state index contributed by atoms with van der Waals surface area (Å²) in [5.74, 6) is -0.0112. The molecular formula is C32H48O7. The lowest BCUT2D eigenvalue weighted by molar-refractivity contribution is -0.190. The van der Waals surface area contributed by atoms with Crippen LogP contribution in [0, 0.1) is 45.3 Å². The topological polar surface area (TPSA) is 113 Å². The molecule has 1 heterocycles. The molecule has 0 aromatic carbocycles. The number of carbonyl (C=O) groups is 2. The molecule has 1 saturated heterocycles. The Morgan fingerprint density at radius 2 is 1.82 bits per heavy atom. The second kappa shape index (κ2) is 8.98. The van der Waals surface area contributed by atoms with Crippen molar-refractivity contribution in [3.63, 3.8) is 0 Å². The van der Waals surface area contributed by atoms with E-state index in [1.165, 1.54) is 12.5 Å². The van der Waals surface area contributed by atoms with Crippen LogP contribution >= 0.6 is 0 Å². The summed E-state index contributed by atoms with van der Waals surface area (Å²) in [5, 5.41) is 32.1. The van der Waals surface area contributed by atoms with Gasteiger partial charge < -0.3 is 24.8 Å². The second-order valence-corrected chi connectivity index (χ2v) is 15.0. The molecule has 0 radical (unpaired) electrons. The van der Waals surface area contributed by atoms with E-state index in [4.69, 9.17) is 9.47 Å². The van der Waals surface area contributed by atoms with E-state index >= 15 is 0 Å². The van der Waals surface area contributed by atoms with E-state index in [0.717, 1.165) is 19.3 Å². The third kappa shape index (κ3) is 4.04. The van der Waals surface area contributed by atoms with Crippen LogP contribution in [0.3, 0.4) is 0 Å². The Balaban J connectivity index is 1.52. The van der Waals surface area contributed by atoms with Crippen LogP contribution in [-0.4, -0.2) is 57.3 Å². The van der Waals surface area contributed by atoms with Gasteiger partial charge in [-0.3, -0.25) is 9.59 Å². The van der Waals surface area contributed by atoms with Crippen LogP contribution in [0.5, 0.6) is 0 Å². The van der Waals surface area contributed by atoms with Gasteiger partial charge in [0.25, 0.3) is 0 Å². The predicted molar refractivity (Wildman–Crippen MR) is 146 cm³/mol. The fourth-order valence-corrected chi connectivity index (χ4v) is 10.0. The van der Waals surface area contributed by atoms with Crippen molar-refractivity contribution < 1.29 is 34.4 Å². The molecule has 11 atom stereocenters. The van der Waals surface area contributed by atoms with Gasteiger partial charge in [-0.15, -0.1) is 0 Å². The third-order valence-electron chi connectivity index (χ3n) is 12.1. The molecule has 3 fully saturated rings. The summed E-state index contributed by atoms with van der Waals surface area (Å²) in [6.45, 7) is 15.5. The summed E-state index contributed by atoms with van der Waals surface area (Å²) in [6.07, 6.45) is 6.85. The maximum absolute atomic E-state index is 13.0. The number of aliphatic hydroxyl groups excluding tert-OH is 2. The highest BCUT2D eigenvalue weighted by Gasteiger charge is 2.69. The molecule has 7 nitrogen and oxygen atoms in total. The summed E-state index contributed by atoms with van der Waals surface area (Å²) < 4.78 is 12.0. The third-order valence-corrected chi connectivity index (χ3v) is 12.1. The van der Waals surface area contributed by atoms with Crippen molar-refractivity contribution in [1.82, 2.24) is 0 Å². The summed E-state index contributed by atoms with van der Waals surface area (Å²) in [4.78, 5) is 25.4. The van der Waals surface area contributed by atoms with Crippen LogP contribution in [0.2, 0.25) is 0 Å². The number of hydrogen-bond acceptors (Lipinski definition) is 7. The first-order chi connectivity index (χ1) is 17.9. The smallest absolute Gasteiger partial charge is 0.302 e. The minimum Gasteiger partial charge on any atom is -0.462 e. The first-order valence-electron chi connectivity index (χ1n) is 14.7. The van der Waals surface area contributed by atoms with Gasteiger partial charge in [-0.25, -0.2) is 0 Å². The van der Waals surface area contributed by atoms with Gasteiger partial charge in [0.05, 0.1) is 11.7 Å². The van der Waals surface area contributed by atoms with Crippen molar-refractivity contribution in [2.75, 3.05) is 0 Å². The predicted octanol–water partition coefficient (Wildman–Crippen LogP) is 4.33. The van der Waals surface area contributed by atoms with E-state index in [1.54, 1.807) is 19.9 Å². The lowest BCUT2D eigenvalue weighted by Gasteiger charge is -2.66. The van der Waals surface area contributed by atoms with Crippen molar-refractivity contribution in [2.24, 2.45) is 45.3 Å². The number of aliphatic hydroxyl groups is 3. The van der Waals surface area contributed by atoms with Crippen molar-refractivity contribution in [3.8, 4) is 0 Å². The molecule has 1 aliphatic heterocycles. The maximum atomic E-state index is 13.0. The number of hydrogen-bond donors (Lipinski definition) is 3. The summed E-state index contributed by atoms with van der Waals surface area (Å²) >= 11 is 0. The van der Waals surface area contributed by atoms with E-state index in [2.05, 4.69) is 32.9 Å². The molecule has 5 aliphatic rings. The van der Waals surface area contributed by atoms with Crippen molar-refractivity contribution in [1.29, 1.82) is 0 Å². The number of ether oxygens (including phenoxy) is 2. The van der Waals surface area contributed by atoms with Gasteiger partial charge in [-0.1, -0.05) is 52.3 Å². The minimum atomic E-state index is -1.33. The van der Waals surface area contributed by atoms with Gasteiger partial charge >= 0.3 is 5.97 Å². The summed E-state index contributed by atoms with van der Waals surface area (Å²) in [5.41, 5.74) is -1.46. The monoisotopic (exact) mass is 544 g/mol. The number of carbonyl (C=O) groups excluding carboxylic acids is 2. The zero-order chi connectivity index (χ0) is 28.9. The SMILES string of the molecule is CC(=O)O[C@@H]1C[C@H]2C(C)(C)C(=O)C=C[C@]2(C)[C@H]2CC[C@]3(C)C(=CC[C@H]3[C@@H]3C[C@H]([C@H](O)C(C)(C)O)O[C@@H]3O)[C@@]21C. The highest BCUT2D eigenvalue weighted by molar-refractivity contribution is 5.95. The molecule has 218 valence electrons. The normalized spacial score (nSPS) is 47.6. The van der Waals surface area contributed by atoms with E-state index in [1.807, 2.05) is 13.8 Å². The Morgan fingerprint density at radius 3 is 2.44 bits per heavy atom. The molecular weight excluding hydrogens is 496 g/mol. The molecule has 0 bridgehead atoms. The molecule has 0 amide bonds. The first kappa shape index (κ1) is 29.0. The molecule has 7 heteroatoms. The van der Waals surface area contributed by atoms with E-state index in [0.29, 0.717) is 12.8 Å². The molecule has 5 rings (SSSR count). The lowest BCUT2D eigenvalue weighted by atomic mass is 9.38. The Hall–Kier alpha value is -1.54. The van der Waals surface area contributed by atoms with Crippen LogP contribution < -0.4 is 0 Å². The molecule has 4 aliphatic carbocycles. The minimum absolute atomic E-state index is 0.0567. The molecule has 2 saturated carbocycles. The molecule has 39 heavy (non-hydrogen) atoms. The van der Waals surface area contributed by atoms with Crippen molar-refractivity contribution >= 4 is 11.8 Å². The molecule has 0 spiro atoms. The van der Waals surface area contributed by atoms with Gasteiger partial charge in [0.2, 0.25) is 0 Å².